The first-order valence-corrected chi connectivity index (χ1v) is 9.33. The zero-order valence-corrected chi connectivity index (χ0v) is 17.2. The number of carboxylic acid groups (broad SMARTS) is 2. The largest absolute Gasteiger partial charge is 0.493 e. The molecule has 150 valence electrons. The molecule has 0 saturated carbocycles. The minimum atomic E-state index is -1.82. The van der Waals surface area contributed by atoms with E-state index in [2.05, 4.69) is 57.6 Å². The van der Waals surface area contributed by atoms with E-state index in [1.165, 1.54) is 16.7 Å². The monoisotopic (exact) mass is 451 g/mol. The molecule has 8 heteroatoms. The van der Waals surface area contributed by atoms with Gasteiger partial charge in [-0.3, -0.25) is 0 Å². The van der Waals surface area contributed by atoms with E-state index >= 15 is 0 Å². The number of nitrogens with one attached hydrogen (secondary N) is 1. The van der Waals surface area contributed by atoms with Crippen molar-refractivity contribution in [2.24, 2.45) is 0 Å². The first-order valence-electron chi connectivity index (χ1n) is 8.54. The van der Waals surface area contributed by atoms with Gasteiger partial charge in [-0.1, -0.05) is 28.1 Å². The summed E-state index contributed by atoms with van der Waals surface area (Å²) in [6.07, 6.45) is 1.98. The Balaban J connectivity index is 0.000000409. The van der Waals surface area contributed by atoms with Crippen LogP contribution in [0.15, 0.2) is 40.9 Å². The van der Waals surface area contributed by atoms with Crippen LogP contribution in [-0.4, -0.2) is 42.9 Å². The van der Waals surface area contributed by atoms with Gasteiger partial charge in [0, 0.05) is 10.5 Å². The Kier molecular flexibility index (Phi) is 7.83. The molecular weight excluding hydrogens is 430 g/mol. The second-order valence-electron chi connectivity index (χ2n) is 6.11. The fourth-order valence-corrected chi connectivity index (χ4v) is 3.50. The van der Waals surface area contributed by atoms with Gasteiger partial charge in [0.05, 0.1) is 14.2 Å². The normalized spacial score (nSPS) is 14.9. The van der Waals surface area contributed by atoms with Gasteiger partial charge in [0.15, 0.2) is 11.5 Å². The van der Waals surface area contributed by atoms with Crippen molar-refractivity contribution in [1.29, 1.82) is 0 Å². The maximum absolute atomic E-state index is 9.10. The third-order valence-electron chi connectivity index (χ3n) is 4.32. The van der Waals surface area contributed by atoms with E-state index in [0.29, 0.717) is 6.04 Å². The van der Waals surface area contributed by atoms with Crippen molar-refractivity contribution in [2.75, 3.05) is 20.8 Å². The van der Waals surface area contributed by atoms with Crippen LogP contribution in [0.3, 0.4) is 0 Å². The van der Waals surface area contributed by atoms with Crippen molar-refractivity contribution in [3.63, 3.8) is 0 Å². The highest BCUT2D eigenvalue weighted by molar-refractivity contribution is 9.10. The minimum Gasteiger partial charge on any atom is -0.493 e. The average Bonchev–Trinajstić information content (AvgIpc) is 2.67. The molecule has 2 aromatic rings. The minimum absolute atomic E-state index is 0.304. The van der Waals surface area contributed by atoms with Gasteiger partial charge in [-0.15, -0.1) is 0 Å². The number of carboxylic acids is 2. The molecule has 1 aliphatic rings. The summed E-state index contributed by atoms with van der Waals surface area (Å²) in [5.41, 5.74) is 3.97. The number of hydrogen-bond donors (Lipinski definition) is 3. The predicted molar refractivity (Wildman–Crippen MR) is 107 cm³/mol. The molecule has 3 rings (SSSR count). The molecular formula is C20H22BrNO6. The second kappa shape index (κ2) is 10.1. The highest BCUT2D eigenvalue weighted by atomic mass is 79.9. The Morgan fingerprint density at radius 1 is 1.11 bits per heavy atom. The van der Waals surface area contributed by atoms with Gasteiger partial charge in [-0.05, 0) is 60.3 Å². The van der Waals surface area contributed by atoms with Crippen LogP contribution < -0.4 is 14.8 Å². The molecule has 2 aromatic carbocycles. The van der Waals surface area contributed by atoms with E-state index in [1.54, 1.807) is 14.2 Å². The fourth-order valence-electron chi connectivity index (χ4n) is 3.05. The number of carbonyl (C=O) groups is 2. The topological polar surface area (TPSA) is 105 Å². The van der Waals surface area contributed by atoms with Gasteiger partial charge in [0.25, 0.3) is 0 Å². The predicted octanol–water partition coefficient (Wildman–Crippen LogP) is 3.05. The van der Waals surface area contributed by atoms with E-state index in [9.17, 15) is 0 Å². The van der Waals surface area contributed by atoms with Gasteiger partial charge in [0.1, 0.15) is 0 Å². The van der Waals surface area contributed by atoms with Crippen LogP contribution in [0.25, 0.3) is 0 Å². The van der Waals surface area contributed by atoms with Crippen molar-refractivity contribution in [3.8, 4) is 11.5 Å². The number of aliphatic carboxylic acids is 2. The molecule has 0 spiro atoms. The lowest BCUT2D eigenvalue weighted by Crippen LogP contribution is -2.31. The summed E-state index contributed by atoms with van der Waals surface area (Å²) >= 11 is 3.54. The van der Waals surface area contributed by atoms with Crippen molar-refractivity contribution >= 4 is 27.9 Å². The Hall–Kier alpha value is -2.58. The third-order valence-corrected chi connectivity index (χ3v) is 4.81. The molecule has 0 aliphatic carbocycles. The molecule has 0 amide bonds. The van der Waals surface area contributed by atoms with Gasteiger partial charge < -0.3 is 25.0 Å². The summed E-state index contributed by atoms with van der Waals surface area (Å²) in [5, 5.41) is 18.4. The Labute approximate surface area is 171 Å². The number of ether oxygens (including phenoxy) is 2. The number of rotatable bonds is 4. The van der Waals surface area contributed by atoms with Crippen LogP contribution in [0.1, 0.15) is 22.7 Å². The van der Waals surface area contributed by atoms with Crippen molar-refractivity contribution in [3.05, 3.63) is 57.6 Å². The summed E-state index contributed by atoms with van der Waals surface area (Å²) in [5.74, 6) is -2.04. The lowest BCUT2D eigenvalue weighted by atomic mass is 9.90. The lowest BCUT2D eigenvalue weighted by Gasteiger charge is -2.28. The number of hydrogen-bond acceptors (Lipinski definition) is 5. The molecule has 0 bridgehead atoms. The zero-order valence-electron chi connectivity index (χ0n) is 15.6. The van der Waals surface area contributed by atoms with Crippen LogP contribution in [0.2, 0.25) is 0 Å². The third kappa shape index (κ3) is 5.71. The summed E-state index contributed by atoms with van der Waals surface area (Å²) < 4.78 is 12.0. The van der Waals surface area contributed by atoms with Crippen molar-refractivity contribution in [1.82, 2.24) is 5.32 Å². The molecule has 1 aliphatic heterocycles. The summed E-state index contributed by atoms with van der Waals surface area (Å²) in [6.45, 7) is 0.987. The first-order chi connectivity index (χ1) is 13.3. The van der Waals surface area contributed by atoms with Gasteiger partial charge in [0.2, 0.25) is 0 Å². The van der Waals surface area contributed by atoms with Crippen LogP contribution >= 0.6 is 15.9 Å². The van der Waals surface area contributed by atoms with E-state index in [0.717, 1.165) is 35.4 Å². The Morgan fingerprint density at radius 3 is 2.32 bits per heavy atom. The second-order valence-corrected chi connectivity index (χ2v) is 7.02. The van der Waals surface area contributed by atoms with Crippen molar-refractivity contribution < 1.29 is 29.3 Å². The SMILES string of the molecule is COc1cc2c(cc1OC)C(Cc1cccc(Br)c1)NCC2.O=C(O)C(=O)O. The van der Waals surface area contributed by atoms with E-state index in [4.69, 9.17) is 29.3 Å². The fraction of sp³-hybridized carbons (Fsp3) is 0.300. The number of fused-ring (bicyclic) bond motifs is 1. The standard InChI is InChI=1S/C18H20BrNO2.C2H2O4/c1-21-17-10-13-6-7-20-16(15(13)11-18(17)22-2)9-12-4-3-5-14(19)8-12;3-1(4)2(5)6/h3-5,8,10-11,16,20H,6-7,9H2,1-2H3;(H,3,4)(H,5,6). The molecule has 28 heavy (non-hydrogen) atoms. The smallest absolute Gasteiger partial charge is 0.414 e. The van der Waals surface area contributed by atoms with Crippen molar-refractivity contribution in [2.45, 2.75) is 18.9 Å². The Bertz CT molecular complexity index is 843. The molecule has 0 radical (unpaired) electrons. The highest BCUT2D eigenvalue weighted by Crippen LogP contribution is 2.36. The molecule has 0 aromatic heterocycles. The molecule has 7 nitrogen and oxygen atoms in total. The number of benzene rings is 2. The molecule has 1 unspecified atom stereocenters. The van der Waals surface area contributed by atoms with E-state index in [-0.39, 0.29) is 0 Å². The number of halogens is 1. The molecule has 0 saturated heterocycles. The summed E-state index contributed by atoms with van der Waals surface area (Å²) in [7, 11) is 3.37. The molecule has 1 heterocycles. The van der Waals surface area contributed by atoms with Crippen LogP contribution in [-0.2, 0) is 22.4 Å². The first kappa shape index (κ1) is 21.7. The summed E-state index contributed by atoms with van der Waals surface area (Å²) in [6, 6.07) is 13.0. The van der Waals surface area contributed by atoms with Gasteiger partial charge in [-0.2, -0.15) is 0 Å². The van der Waals surface area contributed by atoms with E-state index in [1.807, 2.05) is 0 Å². The van der Waals surface area contributed by atoms with Crippen LogP contribution in [0.5, 0.6) is 11.5 Å². The zero-order chi connectivity index (χ0) is 20.7. The lowest BCUT2D eigenvalue weighted by molar-refractivity contribution is -0.159. The number of methoxy groups -OCH3 is 2. The average molecular weight is 452 g/mol. The maximum Gasteiger partial charge on any atom is 0.414 e. The van der Waals surface area contributed by atoms with E-state index < -0.39 is 11.9 Å². The van der Waals surface area contributed by atoms with Crippen LogP contribution in [0, 0.1) is 0 Å². The summed E-state index contributed by atoms with van der Waals surface area (Å²) in [4.78, 5) is 18.2. The van der Waals surface area contributed by atoms with Gasteiger partial charge in [-0.25, -0.2) is 9.59 Å². The molecule has 1 atom stereocenters. The van der Waals surface area contributed by atoms with Crippen LogP contribution in [0.4, 0.5) is 0 Å². The quantitative estimate of drug-likeness (QED) is 0.613. The maximum atomic E-state index is 9.10. The van der Waals surface area contributed by atoms with Gasteiger partial charge >= 0.3 is 11.9 Å². The highest BCUT2D eigenvalue weighted by Gasteiger charge is 2.22. The molecule has 3 N–H and O–H groups in total. The Morgan fingerprint density at radius 2 is 1.75 bits per heavy atom. The molecule has 0 fully saturated rings.